The Hall–Kier alpha value is -1.46. The van der Waals surface area contributed by atoms with Crippen molar-refractivity contribution in [3.8, 4) is 0 Å². The zero-order valence-electron chi connectivity index (χ0n) is 15.1. The molecular weight excluding hydrogens is 475 g/mol. The molecule has 0 fully saturated rings. The number of alkyl halides is 3. The smallest absolute Gasteiger partial charge is 0.394 e. The van der Waals surface area contributed by atoms with E-state index in [2.05, 4.69) is 20.7 Å². The van der Waals surface area contributed by atoms with Crippen LogP contribution in [0.25, 0.3) is 0 Å². The van der Waals surface area contributed by atoms with Crippen LogP contribution in [0.4, 0.5) is 13.2 Å². The van der Waals surface area contributed by atoms with Crippen LogP contribution >= 0.6 is 15.9 Å². The lowest BCUT2D eigenvalue weighted by Crippen LogP contribution is -2.36. The number of rotatable bonds is 6. The molecule has 29 heavy (non-hydrogen) atoms. The highest BCUT2D eigenvalue weighted by Gasteiger charge is 2.38. The summed E-state index contributed by atoms with van der Waals surface area (Å²) in [6, 6.07) is 7.78. The standard InChI is InChI=1S/C19H19BrF3NO4S/c20-14-3-4-18(17(9-14)19(21,22)23)29(27,28)24-15-7-12-2-1-11(5-13(12)8-15)6-16(26)10-25/h1-5,9,15-16,24-26H,6-8,10H2. The van der Waals surface area contributed by atoms with Crippen LogP contribution in [0.5, 0.6) is 0 Å². The van der Waals surface area contributed by atoms with Crippen molar-refractivity contribution in [2.24, 2.45) is 0 Å². The SMILES string of the molecule is O=S(=O)(NC1Cc2ccc(CC(O)CO)cc2C1)c1ccc(Br)cc1C(F)(F)F. The van der Waals surface area contributed by atoms with Gasteiger partial charge in [0.25, 0.3) is 0 Å². The number of hydrogen-bond acceptors (Lipinski definition) is 4. The van der Waals surface area contributed by atoms with Crippen molar-refractivity contribution in [2.75, 3.05) is 6.61 Å². The van der Waals surface area contributed by atoms with E-state index in [9.17, 15) is 26.7 Å². The predicted molar refractivity (Wildman–Crippen MR) is 104 cm³/mol. The van der Waals surface area contributed by atoms with Gasteiger partial charge in [0.15, 0.2) is 0 Å². The molecule has 0 heterocycles. The molecule has 0 saturated carbocycles. The van der Waals surface area contributed by atoms with Gasteiger partial charge in [-0.1, -0.05) is 34.1 Å². The molecule has 2 unspecified atom stereocenters. The molecule has 0 aromatic heterocycles. The molecule has 3 N–H and O–H groups in total. The van der Waals surface area contributed by atoms with Crippen LogP contribution in [-0.2, 0) is 35.5 Å². The van der Waals surface area contributed by atoms with E-state index in [4.69, 9.17) is 5.11 Å². The van der Waals surface area contributed by atoms with E-state index in [0.717, 1.165) is 28.8 Å². The molecule has 0 bridgehead atoms. The van der Waals surface area contributed by atoms with Gasteiger partial charge in [0, 0.05) is 16.9 Å². The number of sulfonamides is 1. The minimum Gasteiger partial charge on any atom is -0.394 e. The summed E-state index contributed by atoms with van der Waals surface area (Å²) in [6.07, 6.45) is -4.75. The second-order valence-corrected chi connectivity index (χ2v) is 9.61. The van der Waals surface area contributed by atoms with Crippen LogP contribution in [0.1, 0.15) is 22.3 Å². The molecule has 5 nitrogen and oxygen atoms in total. The summed E-state index contributed by atoms with van der Waals surface area (Å²) in [6.45, 7) is -0.367. The largest absolute Gasteiger partial charge is 0.417 e. The first-order valence-corrected chi connectivity index (χ1v) is 11.1. The van der Waals surface area contributed by atoms with Crippen LogP contribution in [0.3, 0.4) is 0 Å². The van der Waals surface area contributed by atoms with E-state index in [1.165, 1.54) is 6.07 Å². The normalized spacial score (nSPS) is 17.9. The molecule has 10 heteroatoms. The Morgan fingerprint density at radius 2 is 1.83 bits per heavy atom. The Morgan fingerprint density at radius 3 is 2.48 bits per heavy atom. The van der Waals surface area contributed by atoms with Gasteiger partial charge in [-0.15, -0.1) is 0 Å². The fourth-order valence-corrected chi connectivity index (χ4v) is 5.26. The van der Waals surface area contributed by atoms with Crippen molar-refractivity contribution in [1.29, 1.82) is 0 Å². The van der Waals surface area contributed by atoms with Gasteiger partial charge >= 0.3 is 6.18 Å². The summed E-state index contributed by atoms with van der Waals surface area (Å²) in [7, 11) is -4.39. The molecule has 0 spiro atoms. The highest BCUT2D eigenvalue weighted by molar-refractivity contribution is 9.10. The van der Waals surface area contributed by atoms with Crippen molar-refractivity contribution in [3.05, 3.63) is 63.1 Å². The van der Waals surface area contributed by atoms with Crippen molar-refractivity contribution in [1.82, 2.24) is 4.72 Å². The van der Waals surface area contributed by atoms with Crippen LogP contribution < -0.4 is 4.72 Å². The number of benzene rings is 2. The summed E-state index contributed by atoms with van der Waals surface area (Å²) in [5.41, 5.74) is 1.33. The number of hydrogen-bond donors (Lipinski definition) is 3. The minimum atomic E-state index is -4.81. The van der Waals surface area contributed by atoms with Crippen molar-refractivity contribution >= 4 is 26.0 Å². The maximum atomic E-state index is 13.3. The Morgan fingerprint density at radius 1 is 1.14 bits per heavy atom. The first-order chi connectivity index (χ1) is 13.5. The van der Waals surface area contributed by atoms with Gasteiger partial charge in [-0.25, -0.2) is 13.1 Å². The molecule has 0 radical (unpaired) electrons. The Balaban J connectivity index is 1.80. The van der Waals surface area contributed by atoms with Crippen molar-refractivity contribution < 1.29 is 31.8 Å². The quantitative estimate of drug-likeness (QED) is 0.577. The lowest BCUT2D eigenvalue weighted by atomic mass is 10.0. The Bertz CT molecular complexity index is 1010. The highest BCUT2D eigenvalue weighted by atomic mass is 79.9. The molecule has 3 rings (SSSR count). The number of aliphatic hydroxyl groups excluding tert-OH is 2. The van der Waals surface area contributed by atoms with Gasteiger partial charge in [-0.2, -0.15) is 13.2 Å². The third-order valence-corrected chi connectivity index (χ3v) is 6.82. The van der Waals surface area contributed by atoms with E-state index in [-0.39, 0.29) is 17.5 Å². The van der Waals surface area contributed by atoms with Gasteiger partial charge in [0.1, 0.15) is 0 Å². The molecule has 0 saturated heterocycles. The van der Waals surface area contributed by atoms with Gasteiger partial charge < -0.3 is 10.2 Å². The summed E-state index contributed by atoms with van der Waals surface area (Å²) in [5.74, 6) is 0. The average molecular weight is 494 g/mol. The zero-order valence-corrected chi connectivity index (χ0v) is 17.5. The number of halogens is 4. The first-order valence-electron chi connectivity index (χ1n) is 8.78. The summed E-state index contributed by atoms with van der Waals surface area (Å²) in [4.78, 5) is -0.809. The second-order valence-electron chi connectivity index (χ2n) is 7.01. The molecule has 2 atom stereocenters. The summed E-state index contributed by atoms with van der Waals surface area (Å²) >= 11 is 2.94. The monoisotopic (exact) mass is 493 g/mol. The van der Waals surface area contributed by atoms with Crippen LogP contribution in [0.2, 0.25) is 0 Å². The van der Waals surface area contributed by atoms with E-state index < -0.39 is 38.8 Å². The molecule has 1 aliphatic rings. The minimum absolute atomic E-state index is 0.134. The molecule has 1 aliphatic carbocycles. The van der Waals surface area contributed by atoms with Crippen LogP contribution in [0, 0.1) is 0 Å². The van der Waals surface area contributed by atoms with Crippen molar-refractivity contribution in [2.45, 2.75) is 42.5 Å². The highest BCUT2D eigenvalue weighted by Crippen LogP contribution is 2.36. The van der Waals surface area contributed by atoms with E-state index >= 15 is 0 Å². The topological polar surface area (TPSA) is 86.6 Å². The maximum absolute atomic E-state index is 13.3. The fourth-order valence-electron chi connectivity index (χ4n) is 3.46. The Labute approximate surface area is 174 Å². The molecular formula is C19H19BrF3NO4S. The molecule has 0 amide bonds. The summed E-state index contributed by atoms with van der Waals surface area (Å²) in [5, 5.41) is 18.5. The zero-order chi connectivity index (χ0) is 21.4. The third kappa shape index (κ3) is 5.18. The summed E-state index contributed by atoms with van der Waals surface area (Å²) < 4.78 is 67.8. The average Bonchev–Trinajstić information content (AvgIpc) is 3.01. The molecule has 2 aromatic rings. The van der Waals surface area contributed by atoms with E-state index in [1.807, 2.05) is 12.1 Å². The van der Waals surface area contributed by atoms with E-state index in [0.29, 0.717) is 12.8 Å². The lowest BCUT2D eigenvalue weighted by Gasteiger charge is -2.17. The van der Waals surface area contributed by atoms with Gasteiger partial charge in [-0.3, -0.25) is 0 Å². The predicted octanol–water partition coefficient (Wildman–Crippen LogP) is 2.81. The fraction of sp³-hybridized carbons (Fsp3) is 0.368. The van der Waals surface area contributed by atoms with E-state index in [1.54, 1.807) is 6.07 Å². The molecule has 158 valence electrons. The first kappa shape index (κ1) is 22.2. The lowest BCUT2D eigenvalue weighted by molar-refractivity contribution is -0.139. The second kappa shape index (κ2) is 8.35. The van der Waals surface area contributed by atoms with Gasteiger partial charge in [0.2, 0.25) is 10.0 Å². The van der Waals surface area contributed by atoms with Crippen LogP contribution in [0.15, 0.2) is 45.8 Å². The van der Waals surface area contributed by atoms with Gasteiger partial charge in [0.05, 0.1) is 23.2 Å². The van der Waals surface area contributed by atoms with Gasteiger partial charge in [-0.05, 0) is 47.7 Å². The number of fused-ring (bicyclic) bond motifs is 1. The Kier molecular flexibility index (Phi) is 6.40. The number of nitrogens with one attached hydrogen (secondary N) is 1. The molecule has 2 aromatic carbocycles. The molecule has 0 aliphatic heterocycles. The maximum Gasteiger partial charge on any atom is 0.417 e. The third-order valence-electron chi connectivity index (χ3n) is 4.74. The number of aliphatic hydroxyl groups is 2. The van der Waals surface area contributed by atoms with Crippen molar-refractivity contribution in [3.63, 3.8) is 0 Å². The van der Waals surface area contributed by atoms with Crippen LogP contribution in [-0.4, -0.2) is 37.4 Å².